The fraction of sp³-hybridized carbons (Fsp3) is 0.250. The zero-order valence-corrected chi connectivity index (χ0v) is 11.7. The molecule has 1 aromatic rings. The molecule has 0 heterocycles. The van der Waals surface area contributed by atoms with E-state index in [4.69, 9.17) is 4.74 Å². The summed E-state index contributed by atoms with van der Waals surface area (Å²) >= 11 is -2.26. The van der Waals surface area contributed by atoms with Crippen molar-refractivity contribution in [2.75, 3.05) is 7.11 Å². The van der Waals surface area contributed by atoms with Gasteiger partial charge in [0.15, 0.2) is 5.75 Å². The fourth-order valence-electron chi connectivity index (χ4n) is 1.10. The third-order valence-corrected chi connectivity index (χ3v) is 2.29. The predicted molar refractivity (Wildman–Crippen MR) is 52.3 cm³/mol. The van der Waals surface area contributed by atoms with E-state index in [0.717, 1.165) is 0 Å². The SMILES string of the molecule is COc1ccc(CS(=O)[O-])cc1[N+](=O)[O-].[Na+]. The third kappa shape index (κ3) is 4.18. The van der Waals surface area contributed by atoms with Crippen LogP contribution in [0.2, 0.25) is 0 Å². The van der Waals surface area contributed by atoms with Crippen LogP contribution in [-0.4, -0.2) is 20.8 Å². The predicted octanol–water partition coefficient (Wildman–Crippen LogP) is -2.01. The van der Waals surface area contributed by atoms with Crippen LogP contribution in [0.5, 0.6) is 5.75 Å². The molecule has 0 saturated carbocycles. The molecule has 0 radical (unpaired) electrons. The zero-order valence-electron chi connectivity index (χ0n) is 8.84. The van der Waals surface area contributed by atoms with E-state index in [-0.39, 0.29) is 46.7 Å². The molecule has 0 aromatic heterocycles. The van der Waals surface area contributed by atoms with Crippen molar-refractivity contribution in [1.29, 1.82) is 0 Å². The molecule has 16 heavy (non-hydrogen) atoms. The van der Waals surface area contributed by atoms with Gasteiger partial charge in [0.1, 0.15) is 0 Å². The molecule has 0 aliphatic rings. The molecule has 1 unspecified atom stereocenters. The Bertz CT molecular complexity index is 411. The van der Waals surface area contributed by atoms with Crippen molar-refractivity contribution in [2.24, 2.45) is 0 Å². The van der Waals surface area contributed by atoms with Gasteiger partial charge in [-0.05, 0) is 11.6 Å². The van der Waals surface area contributed by atoms with Crippen LogP contribution in [-0.2, 0) is 16.8 Å². The number of hydrogen-bond acceptors (Lipinski definition) is 5. The van der Waals surface area contributed by atoms with Crippen LogP contribution in [0.3, 0.4) is 0 Å². The van der Waals surface area contributed by atoms with Crippen molar-refractivity contribution in [2.45, 2.75) is 5.75 Å². The quantitative estimate of drug-likeness (QED) is 0.267. The molecule has 0 bridgehead atoms. The molecule has 82 valence electrons. The first-order valence-corrected chi connectivity index (χ1v) is 5.16. The molecular weight excluding hydrogens is 245 g/mol. The molecule has 0 aliphatic carbocycles. The number of rotatable bonds is 4. The van der Waals surface area contributed by atoms with Crippen molar-refractivity contribution >= 4 is 16.8 Å². The van der Waals surface area contributed by atoms with Gasteiger partial charge in [0, 0.05) is 11.8 Å². The molecule has 0 aliphatic heterocycles. The van der Waals surface area contributed by atoms with Gasteiger partial charge in [-0.3, -0.25) is 14.3 Å². The van der Waals surface area contributed by atoms with Crippen molar-refractivity contribution in [3.8, 4) is 5.75 Å². The minimum absolute atomic E-state index is 0. The van der Waals surface area contributed by atoms with Gasteiger partial charge < -0.3 is 9.29 Å². The number of nitrogens with zero attached hydrogens (tertiary/aromatic N) is 1. The first kappa shape index (κ1) is 15.5. The van der Waals surface area contributed by atoms with Crippen LogP contribution in [0.1, 0.15) is 5.56 Å². The van der Waals surface area contributed by atoms with Gasteiger partial charge in [-0.25, -0.2) is 0 Å². The van der Waals surface area contributed by atoms with Crippen LogP contribution in [0.25, 0.3) is 0 Å². The van der Waals surface area contributed by atoms with E-state index in [9.17, 15) is 18.9 Å². The summed E-state index contributed by atoms with van der Waals surface area (Å²) in [4.78, 5) is 9.98. The molecule has 1 aromatic carbocycles. The minimum Gasteiger partial charge on any atom is -0.772 e. The molecule has 0 N–H and O–H groups in total. The molecular formula is C8H8NNaO5S. The summed E-state index contributed by atoms with van der Waals surface area (Å²) in [6, 6.07) is 4.04. The molecule has 6 nitrogen and oxygen atoms in total. The second kappa shape index (κ2) is 6.97. The number of benzene rings is 1. The number of nitro groups is 1. The van der Waals surface area contributed by atoms with E-state index in [1.165, 1.54) is 25.3 Å². The van der Waals surface area contributed by atoms with Crippen molar-refractivity contribution in [1.82, 2.24) is 0 Å². The average Bonchev–Trinajstić information content (AvgIpc) is 2.16. The third-order valence-electron chi connectivity index (χ3n) is 1.72. The second-order valence-electron chi connectivity index (χ2n) is 2.71. The summed E-state index contributed by atoms with van der Waals surface area (Å²) < 4.78 is 25.6. The smallest absolute Gasteiger partial charge is 0.772 e. The van der Waals surface area contributed by atoms with Crippen molar-refractivity contribution < 1.29 is 48.0 Å². The summed E-state index contributed by atoms with van der Waals surface area (Å²) in [5.74, 6) is -0.134. The normalized spacial score (nSPS) is 11.4. The topological polar surface area (TPSA) is 92.5 Å². The van der Waals surface area contributed by atoms with Gasteiger partial charge in [0.25, 0.3) is 0 Å². The molecule has 0 saturated heterocycles. The van der Waals surface area contributed by atoms with Gasteiger partial charge in [0.2, 0.25) is 0 Å². The maximum atomic E-state index is 10.6. The Morgan fingerprint density at radius 3 is 2.56 bits per heavy atom. The number of methoxy groups -OCH3 is 1. The number of ether oxygens (including phenoxy) is 1. The molecule has 0 fully saturated rings. The maximum Gasteiger partial charge on any atom is 1.00 e. The van der Waals surface area contributed by atoms with E-state index in [1.807, 2.05) is 0 Å². The summed E-state index contributed by atoms with van der Waals surface area (Å²) in [7, 11) is 1.31. The molecule has 1 rings (SSSR count). The van der Waals surface area contributed by atoms with E-state index < -0.39 is 16.0 Å². The molecule has 8 heteroatoms. The Labute approximate surface area is 117 Å². The van der Waals surface area contributed by atoms with Gasteiger partial charge in [-0.2, -0.15) is 0 Å². The van der Waals surface area contributed by atoms with Gasteiger partial charge in [0.05, 0.1) is 12.0 Å². The van der Waals surface area contributed by atoms with Crippen molar-refractivity contribution in [3.63, 3.8) is 0 Å². The van der Waals surface area contributed by atoms with Gasteiger partial charge >= 0.3 is 35.2 Å². The second-order valence-corrected chi connectivity index (χ2v) is 3.61. The van der Waals surface area contributed by atoms with E-state index >= 15 is 0 Å². The van der Waals surface area contributed by atoms with Crippen molar-refractivity contribution in [3.05, 3.63) is 33.9 Å². The first-order chi connectivity index (χ1) is 7.04. The Morgan fingerprint density at radius 1 is 1.50 bits per heavy atom. The van der Waals surface area contributed by atoms with Crippen LogP contribution in [0.15, 0.2) is 18.2 Å². The Morgan fingerprint density at radius 2 is 2.12 bits per heavy atom. The number of nitro benzene ring substituents is 1. The van der Waals surface area contributed by atoms with E-state index in [0.29, 0.717) is 5.56 Å². The zero-order chi connectivity index (χ0) is 11.4. The Balaban J connectivity index is 0.00000225. The van der Waals surface area contributed by atoms with E-state index in [1.54, 1.807) is 0 Å². The minimum atomic E-state index is -2.26. The van der Waals surface area contributed by atoms with Crippen LogP contribution in [0.4, 0.5) is 5.69 Å². The standard InChI is InChI=1S/C8H9NO5S.Na/c1-14-8-3-2-6(5-15(12)13)4-7(8)9(10)11;/h2-4H,5H2,1H3,(H,12,13);/q;+1/p-1. The first-order valence-electron chi connectivity index (χ1n) is 3.91. The summed E-state index contributed by atoms with van der Waals surface area (Å²) in [6.45, 7) is 0. The van der Waals surface area contributed by atoms with Gasteiger partial charge in [-0.1, -0.05) is 17.1 Å². The summed E-state index contributed by atoms with van der Waals surface area (Å²) in [6.07, 6.45) is 0. The van der Waals surface area contributed by atoms with Crippen LogP contribution < -0.4 is 34.3 Å². The van der Waals surface area contributed by atoms with Gasteiger partial charge in [-0.15, -0.1) is 0 Å². The Kier molecular flexibility index (Phi) is 6.77. The Hall–Kier alpha value is -0.470. The molecule has 0 amide bonds. The van der Waals surface area contributed by atoms with Crippen LogP contribution >= 0.6 is 0 Å². The molecule has 1 atom stereocenters. The summed E-state index contributed by atoms with van der Waals surface area (Å²) in [5, 5.41) is 10.6. The monoisotopic (exact) mass is 253 g/mol. The largest absolute Gasteiger partial charge is 1.00 e. The molecule has 0 spiro atoms. The average molecular weight is 253 g/mol. The maximum absolute atomic E-state index is 10.6. The fourth-order valence-corrected chi connectivity index (χ4v) is 1.56. The summed E-state index contributed by atoms with van der Waals surface area (Å²) in [5.41, 5.74) is 0.122. The number of hydrogen-bond donors (Lipinski definition) is 0. The van der Waals surface area contributed by atoms with Crippen LogP contribution in [0, 0.1) is 10.1 Å². The van der Waals surface area contributed by atoms with E-state index in [2.05, 4.69) is 0 Å².